The van der Waals surface area contributed by atoms with Gasteiger partial charge in [-0.15, -0.1) is 0 Å². The van der Waals surface area contributed by atoms with Crippen molar-refractivity contribution in [2.75, 3.05) is 17.9 Å². The first-order valence-electron chi connectivity index (χ1n) is 6.24. The Labute approximate surface area is 118 Å². The molecule has 108 valence electrons. The molecule has 0 saturated carbocycles. The van der Waals surface area contributed by atoms with Crippen LogP contribution in [0.4, 0.5) is 5.69 Å². The Balaban J connectivity index is 2.36. The van der Waals surface area contributed by atoms with E-state index in [2.05, 4.69) is 5.10 Å². The molecular formula is C13H18N4O2S. The van der Waals surface area contributed by atoms with Crippen molar-refractivity contribution < 1.29 is 8.42 Å². The number of hydrogen-bond donors (Lipinski definition) is 1. The van der Waals surface area contributed by atoms with Gasteiger partial charge in [0, 0.05) is 19.8 Å². The summed E-state index contributed by atoms with van der Waals surface area (Å²) in [6.45, 7) is 2.78. The second kappa shape index (κ2) is 5.64. The summed E-state index contributed by atoms with van der Waals surface area (Å²) in [5.41, 5.74) is 6.98. The highest BCUT2D eigenvalue weighted by molar-refractivity contribution is 7.92. The lowest BCUT2D eigenvalue weighted by Crippen LogP contribution is -2.26. The van der Waals surface area contributed by atoms with E-state index in [0.29, 0.717) is 18.8 Å². The number of benzene rings is 1. The molecule has 2 rings (SSSR count). The van der Waals surface area contributed by atoms with Gasteiger partial charge in [-0.2, -0.15) is 5.10 Å². The lowest BCUT2D eigenvalue weighted by Gasteiger charge is -2.20. The van der Waals surface area contributed by atoms with Crippen LogP contribution in [0.25, 0.3) is 0 Å². The van der Waals surface area contributed by atoms with Crippen LogP contribution in [0.3, 0.4) is 0 Å². The summed E-state index contributed by atoms with van der Waals surface area (Å²) < 4.78 is 27.9. The van der Waals surface area contributed by atoms with Gasteiger partial charge in [-0.25, -0.2) is 8.42 Å². The molecule has 0 spiro atoms. The van der Waals surface area contributed by atoms with Crippen molar-refractivity contribution in [2.24, 2.45) is 5.73 Å². The number of anilines is 1. The number of para-hydroxylation sites is 1. The molecule has 0 bridgehead atoms. The molecule has 0 aliphatic heterocycles. The van der Waals surface area contributed by atoms with Gasteiger partial charge < -0.3 is 5.73 Å². The van der Waals surface area contributed by atoms with Crippen LogP contribution >= 0.6 is 0 Å². The molecule has 1 aromatic carbocycles. The van der Waals surface area contributed by atoms with Crippen LogP contribution in [-0.4, -0.2) is 31.8 Å². The number of aryl methyl sites for hydroxylation is 1. The zero-order valence-electron chi connectivity index (χ0n) is 11.5. The van der Waals surface area contributed by atoms with Crippen LogP contribution < -0.4 is 10.0 Å². The molecule has 2 aromatic rings. The molecule has 0 radical (unpaired) electrons. The van der Waals surface area contributed by atoms with Crippen molar-refractivity contribution in [3.05, 3.63) is 42.2 Å². The summed E-state index contributed by atoms with van der Waals surface area (Å²) in [4.78, 5) is 0.164. The Morgan fingerprint density at radius 1 is 1.35 bits per heavy atom. The first-order chi connectivity index (χ1) is 9.46. The first-order valence-corrected chi connectivity index (χ1v) is 7.68. The minimum Gasteiger partial charge on any atom is -0.329 e. The van der Waals surface area contributed by atoms with Crippen molar-refractivity contribution in [3.63, 3.8) is 0 Å². The Hall–Kier alpha value is -1.86. The molecule has 0 unspecified atom stereocenters. The number of rotatable bonds is 5. The van der Waals surface area contributed by atoms with E-state index in [1.807, 2.05) is 25.1 Å². The first kappa shape index (κ1) is 14.5. The Morgan fingerprint density at radius 2 is 2.05 bits per heavy atom. The van der Waals surface area contributed by atoms with E-state index in [9.17, 15) is 8.42 Å². The third-order valence-electron chi connectivity index (χ3n) is 3.08. The SMILES string of the molecule is Cc1ccccc1N(C)S(=O)(=O)c1cnn(CCN)c1. The van der Waals surface area contributed by atoms with E-state index in [1.54, 1.807) is 6.07 Å². The van der Waals surface area contributed by atoms with E-state index < -0.39 is 10.0 Å². The van der Waals surface area contributed by atoms with Crippen LogP contribution in [0, 0.1) is 6.92 Å². The molecule has 0 aliphatic carbocycles. The van der Waals surface area contributed by atoms with Gasteiger partial charge >= 0.3 is 0 Å². The lowest BCUT2D eigenvalue weighted by molar-refractivity contribution is 0.593. The maximum absolute atomic E-state index is 12.5. The maximum Gasteiger partial charge on any atom is 0.267 e. The van der Waals surface area contributed by atoms with E-state index >= 15 is 0 Å². The highest BCUT2D eigenvalue weighted by Gasteiger charge is 2.23. The summed E-state index contributed by atoms with van der Waals surface area (Å²) in [6, 6.07) is 7.33. The molecule has 1 heterocycles. The zero-order valence-corrected chi connectivity index (χ0v) is 12.3. The normalized spacial score (nSPS) is 11.6. The lowest BCUT2D eigenvalue weighted by atomic mass is 10.2. The molecule has 0 saturated heterocycles. The van der Waals surface area contributed by atoms with Crippen LogP contribution in [0.15, 0.2) is 41.6 Å². The van der Waals surface area contributed by atoms with Gasteiger partial charge in [-0.1, -0.05) is 18.2 Å². The Bertz CT molecular complexity index is 694. The molecule has 0 atom stereocenters. The quantitative estimate of drug-likeness (QED) is 0.891. The minimum absolute atomic E-state index is 0.164. The highest BCUT2D eigenvalue weighted by Crippen LogP contribution is 2.24. The van der Waals surface area contributed by atoms with E-state index in [-0.39, 0.29) is 4.90 Å². The molecular weight excluding hydrogens is 276 g/mol. The summed E-state index contributed by atoms with van der Waals surface area (Å²) in [5, 5.41) is 4.00. The van der Waals surface area contributed by atoms with Gasteiger partial charge in [0.1, 0.15) is 4.90 Å². The Morgan fingerprint density at radius 3 is 2.70 bits per heavy atom. The van der Waals surface area contributed by atoms with Gasteiger partial charge in [0.25, 0.3) is 10.0 Å². The van der Waals surface area contributed by atoms with E-state index in [0.717, 1.165) is 5.56 Å². The van der Waals surface area contributed by atoms with Gasteiger partial charge in [0.2, 0.25) is 0 Å². The number of nitrogens with zero attached hydrogens (tertiary/aromatic N) is 3. The number of sulfonamides is 1. The van der Waals surface area contributed by atoms with Crippen LogP contribution in [0.2, 0.25) is 0 Å². The van der Waals surface area contributed by atoms with Crippen LogP contribution in [-0.2, 0) is 16.6 Å². The smallest absolute Gasteiger partial charge is 0.267 e. The molecule has 0 fully saturated rings. The van der Waals surface area contributed by atoms with Crippen molar-refractivity contribution in [1.82, 2.24) is 9.78 Å². The van der Waals surface area contributed by atoms with Crippen LogP contribution in [0.1, 0.15) is 5.56 Å². The third kappa shape index (κ3) is 2.68. The molecule has 1 aromatic heterocycles. The molecule has 6 nitrogen and oxygen atoms in total. The summed E-state index contributed by atoms with van der Waals surface area (Å²) in [6.07, 6.45) is 2.84. The molecule has 20 heavy (non-hydrogen) atoms. The fraction of sp³-hybridized carbons (Fsp3) is 0.308. The second-order valence-electron chi connectivity index (χ2n) is 4.49. The fourth-order valence-electron chi connectivity index (χ4n) is 1.94. The van der Waals surface area contributed by atoms with Crippen molar-refractivity contribution in [2.45, 2.75) is 18.4 Å². The summed E-state index contributed by atoms with van der Waals surface area (Å²) >= 11 is 0. The highest BCUT2D eigenvalue weighted by atomic mass is 32.2. The zero-order chi connectivity index (χ0) is 14.8. The molecule has 7 heteroatoms. The average molecular weight is 294 g/mol. The van der Waals surface area contributed by atoms with Gasteiger partial charge in [-0.05, 0) is 18.6 Å². The minimum atomic E-state index is -3.60. The predicted octanol–water partition coefficient (Wildman–Crippen LogP) is 0.975. The fourth-order valence-corrected chi connectivity index (χ4v) is 3.15. The van der Waals surface area contributed by atoms with Gasteiger partial charge in [0.05, 0.1) is 18.4 Å². The number of aromatic nitrogens is 2. The predicted molar refractivity (Wildman–Crippen MR) is 78.0 cm³/mol. The topological polar surface area (TPSA) is 81.2 Å². The molecule has 0 aliphatic rings. The largest absolute Gasteiger partial charge is 0.329 e. The second-order valence-corrected chi connectivity index (χ2v) is 6.46. The number of hydrogen-bond acceptors (Lipinski definition) is 4. The summed E-state index contributed by atoms with van der Waals surface area (Å²) in [5.74, 6) is 0. The third-order valence-corrected chi connectivity index (χ3v) is 4.81. The van der Waals surface area contributed by atoms with Gasteiger partial charge in [-0.3, -0.25) is 8.99 Å². The van der Waals surface area contributed by atoms with E-state index in [1.165, 1.54) is 28.4 Å². The average Bonchev–Trinajstić information content (AvgIpc) is 2.88. The van der Waals surface area contributed by atoms with Crippen molar-refractivity contribution >= 4 is 15.7 Å². The monoisotopic (exact) mass is 294 g/mol. The van der Waals surface area contributed by atoms with Crippen molar-refractivity contribution in [3.8, 4) is 0 Å². The molecule has 0 amide bonds. The molecule has 2 N–H and O–H groups in total. The Kier molecular flexibility index (Phi) is 4.10. The van der Waals surface area contributed by atoms with Crippen molar-refractivity contribution in [1.29, 1.82) is 0 Å². The van der Waals surface area contributed by atoms with E-state index in [4.69, 9.17) is 5.73 Å². The number of nitrogens with two attached hydrogens (primary N) is 1. The van der Waals surface area contributed by atoms with Gasteiger partial charge in [0.15, 0.2) is 0 Å². The van der Waals surface area contributed by atoms with Crippen LogP contribution in [0.5, 0.6) is 0 Å². The standard InChI is InChI=1S/C13H18N4O2S/c1-11-5-3-4-6-13(11)16(2)20(18,19)12-9-15-17(10-12)8-7-14/h3-6,9-10H,7-8,14H2,1-2H3. The maximum atomic E-state index is 12.5. The summed E-state index contributed by atoms with van der Waals surface area (Å²) in [7, 11) is -2.06.